The van der Waals surface area contributed by atoms with Gasteiger partial charge in [0.2, 0.25) is 0 Å². The maximum Gasteiger partial charge on any atom is 0.336 e. The van der Waals surface area contributed by atoms with Crippen molar-refractivity contribution in [2.75, 3.05) is 7.11 Å². The first-order valence-corrected chi connectivity index (χ1v) is 7.21. The molecule has 0 bridgehead atoms. The summed E-state index contributed by atoms with van der Waals surface area (Å²) in [6, 6.07) is 11.9. The number of hydrogen-bond donors (Lipinski definition) is 1. The van der Waals surface area contributed by atoms with E-state index in [0.29, 0.717) is 22.3 Å². The molecule has 3 aromatic rings. The minimum atomic E-state index is -0.596. The van der Waals surface area contributed by atoms with Crippen molar-refractivity contribution in [1.29, 1.82) is 0 Å². The molecule has 1 heterocycles. The predicted octanol–water partition coefficient (Wildman–Crippen LogP) is 2.87. The fourth-order valence-corrected chi connectivity index (χ4v) is 2.37. The van der Waals surface area contributed by atoms with Gasteiger partial charge in [-0.1, -0.05) is 0 Å². The SMILES string of the molecule is COc1ccc(C(=O)NCc2cc(=O)oc3cc(F)ccc23)cc1. The summed E-state index contributed by atoms with van der Waals surface area (Å²) < 4.78 is 23.3. The van der Waals surface area contributed by atoms with Crippen molar-refractivity contribution < 1.29 is 18.3 Å². The summed E-state index contributed by atoms with van der Waals surface area (Å²) in [5.41, 5.74) is 0.579. The molecule has 1 aromatic heterocycles. The van der Waals surface area contributed by atoms with Crippen molar-refractivity contribution in [1.82, 2.24) is 5.32 Å². The molecular weight excluding hydrogens is 313 g/mol. The molecule has 0 aliphatic heterocycles. The monoisotopic (exact) mass is 327 g/mol. The van der Waals surface area contributed by atoms with Gasteiger partial charge in [0.1, 0.15) is 17.1 Å². The number of amides is 1. The fraction of sp³-hybridized carbons (Fsp3) is 0.111. The number of halogens is 1. The van der Waals surface area contributed by atoms with Gasteiger partial charge in [-0.2, -0.15) is 0 Å². The first-order chi connectivity index (χ1) is 11.6. The minimum absolute atomic E-state index is 0.124. The molecule has 0 aliphatic rings. The summed E-state index contributed by atoms with van der Waals surface area (Å²) >= 11 is 0. The highest BCUT2D eigenvalue weighted by molar-refractivity contribution is 5.94. The second kappa shape index (κ2) is 6.54. The Morgan fingerprint density at radius 3 is 2.62 bits per heavy atom. The van der Waals surface area contributed by atoms with Crippen LogP contribution in [0, 0.1) is 5.82 Å². The van der Waals surface area contributed by atoms with Crippen molar-refractivity contribution in [2.45, 2.75) is 6.54 Å². The van der Waals surface area contributed by atoms with Gasteiger partial charge in [-0.3, -0.25) is 4.79 Å². The number of methoxy groups -OCH3 is 1. The lowest BCUT2D eigenvalue weighted by Gasteiger charge is -2.08. The summed E-state index contributed by atoms with van der Waals surface area (Å²) in [7, 11) is 1.55. The van der Waals surface area contributed by atoms with E-state index in [1.165, 1.54) is 18.2 Å². The molecule has 5 nitrogen and oxygen atoms in total. The molecule has 0 unspecified atom stereocenters. The number of benzene rings is 2. The molecule has 3 rings (SSSR count). The minimum Gasteiger partial charge on any atom is -0.497 e. The van der Waals surface area contributed by atoms with Crippen molar-refractivity contribution in [3.05, 3.63) is 75.9 Å². The summed E-state index contributed by atoms with van der Waals surface area (Å²) in [6.07, 6.45) is 0. The Labute approximate surface area is 136 Å². The lowest BCUT2D eigenvalue weighted by molar-refractivity contribution is 0.0951. The second-order valence-corrected chi connectivity index (χ2v) is 5.14. The quantitative estimate of drug-likeness (QED) is 0.748. The molecule has 2 aromatic carbocycles. The Morgan fingerprint density at radius 2 is 1.92 bits per heavy atom. The van der Waals surface area contributed by atoms with Crippen LogP contribution in [0.5, 0.6) is 5.75 Å². The van der Waals surface area contributed by atoms with E-state index in [9.17, 15) is 14.0 Å². The average molecular weight is 327 g/mol. The number of ether oxygens (including phenoxy) is 1. The number of nitrogens with one attached hydrogen (secondary N) is 1. The van der Waals surface area contributed by atoms with Gasteiger partial charge in [0, 0.05) is 29.6 Å². The van der Waals surface area contributed by atoms with Gasteiger partial charge in [0.05, 0.1) is 7.11 Å². The third-order valence-electron chi connectivity index (χ3n) is 3.58. The van der Waals surface area contributed by atoms with Crippen LogP contribution in [0.25, 0.3) is 11.0 Å². The fourth-order valence-electron chi connectivity index (χ4n) is 2.37. The summed E-state index contributed by atoms with van der Waals surface area (Å²) in [4.78, 5) is 23.8. The molecule has 0 spiro atoms. The molecule has 6 heteroatoms. The predicted molar refractivity (Wildman–Crippen MR) is 86.6 cm³/mol. The van der Waals surface area contributed by atoms with Crippen LogP contribution >= 0.6 is 0 Å². The van der Waals surface area contributed by atoms with Crippen molar-refractivity contribution in [3.8, 4) is 5.75 Å². The van der Waals surface area contributed by atoms with E-state index in [-0.39, 0.29) is 18.0 Å². The number of hydrogen-bond acceptors (Lipinski definition) is 4. The van der Waals surface area contributed by atoms with Crippen LogP contribution in [-0.4, -0.2) is 13.0 Å². The van der Waals surface area contributed by atoms with Gasteiger partial charge >= 0.3 is 5.63 Å². The normalized spacial score (nSPS) is 10.6. The molecule has 0 fully saturated rings. The van der Waals surface area contributed by atoms with Gasteiger partial charge in [-0.25, -0.2) is 9.18 Å². The van der Waals surface area contributed by atoms with E-state index in [2.05, 4.69) is 5.32 Å². The zero-order valence-corrected chi connectivity index (χ0v) is 12.8. The van der Waals surface area contributed by atoms with Gasteiger partial charge in [0.25, 0.3) is 5.91 Å². The molecule has 0 radical (unpaired) electrons. The number of fused-ring (bicyclic) bond motifs is 1. The smallest absolute Gasteiger partial charge is 0.336 e. The summed E-state index contributed by atoms with van der Waals surface area (Å²) in [5.74, 6) is -0.133. The van der Waals surface area contributed by atoms with E-state index in [0.717, 1.165) is 6.07 Å². The molecule has 0 saturated heterocycles. The maximum absolute atomic E-state index is 13.3. The van der Waals surface area contributed by atoms with Gasteiger partial charge in [-0.15, -0.1) is 0 Å². The van der Waals surface area contributed by atoms with Crippen molar-refractivity contribution >= 4 is 16.9 Å². The second-order valence-electron chi connectivity index (χ2n) is 5.14. The molecule has 122 valence electrons. The third-order valence-corrected chi connectivity index (χ3v) is 3.58. The lowest BCUT2D eigenvalue weighted by Crippen LogP contribution is -2.23. The van der Waals surface area contributed by atoms with Crippen LogP contribution < -0.4 is 15.7 Å². The van der Waals surface area contributed by atoms with E-state index in [1.54, 1.807) is 31.4 Å². The Kier molecular flexibility index (Phi) is 4.29. The average Bonchev–Trinajstić information content (AvgIpc) is 2.59. The highest BCUT2D eigenvalue weighted by atomic mass is 19.1. The molecule has 0 aliphatic carbocycles. The van der Waals surface area contributed by atoms with Crippen molar-refractivity contribution in [3.63, 3.8) is 0 Å². The third kappa shape index (κ3) is 3.27. The highest BCUT2D eigenvalue weighted by Gasteiger charge is 2.10. The Bertz CT molecular complexity index is 947. The number of carbonyl (C=O) groups is 1. The molecule has 0 saturated carbocycles. The van der Waals surface area contributed by atoms with Crippen LogP contribution in [-0.2, 0) is 6.54 Å². The first kappa shape index (κ1) is 15.7. The molecule has 24 heavy (non-hydrogen) atoms. The first-order valence-electron chi connectivity index (χ1n) is 7.21. The maximum atomic E-state index is 13.3. The van der Waals surface area contributed by atoms with Crippen molar-refractivity contribution in [2.24, 2.45) is 0 Å². The molecule has 1 N–H and O–H groups in total. The van der Waals surface area contributed by atoms with Gasteiger partial charge in [0.15, 0.2) is 0 Å². The van der Waals surface area contributed by atoms with Crippen LogP contribution in [0.4, 0.5) is 4.39 Å². The number of carbonyl (C=O) groups excluding carboxylic acids is 1. The molecule has 0 atom stereocenters. The van der Waals surface area contributed by atoms with Gasteiger partial charge < -0.3 is 14.5 Å². The summed E-state index contributed by atoms with van der Waals surface area (Å²) in [5, 5.41) is 3.31. The number of rotatable bonds is 4. The molecular formula is C18H14FNO4. The Morgan fingerprint density at radius 1 is 1.17 bits per heavy atom. The zero-order valence-electron chi connectivity index (χ0n) is 12.8. The Hall–Kier alpha value is -3.15. The highest BCUT2D eigenvalue weighted by Crippen LogP contribution is 2.18. The van der Waals surface area contributed by atoms with E-state index in [4.69, 9.17) is 9.15 Å². The van der Waals surface area contributed by atoms with Crippen LogP contribution in [0.2, 0.25) is 0 Å². The van der Waals surface area contributed by atoms with E-state index < -0.39 is 11.4 Å². The standard InChI is InChI=1S/C18H14FNO4/c1-23-14-5-2-11(3-6-14)18(22)20-10-12-8-17(21)24-16-9-13(19)4-7-15(12)16/h2-9H,10H2,1H3,(H,20,22). The molecule has 1 amide bonds. The van der Waals surface area contributed by atoms with Crippen LogP contribution in [0.15, 0.2) is 57.7 Å². The Balaban J connectivity index is 1.82. The van der Waals surface area contributed by atoms with E-state index >= 15 is 0 Å². The van der Waals surface area contributed by atoms with Crippen LogP contribution in [0.1, 0.15) is 15.9 Å². The zero-order chi connectivity index (χ0) is 17.1. The van der Waals surface area contributed by atoms with E-state index in [1.807, 2.05) is 0 Å². The van der Waals surface area contributed by atoms with Gasteiger partial charge in [-0.05, 0) is 42.0 Å². The lowest BCUT2D eigenvalue weighted by atomic mass is 10.1. The summed E-state index contributed by atoms with van der Waals surface area (Å²) in [6.45, 7) is 0.124. The topological polar surface area (TPSA) is 68.5 Å². The largest absolute Gasteiger partial charge is 0.497 e. The van der Waals surface area contributed by atoms with Crippen LogP contribution in [0.3, 0.4) is 0 Å².